The minimum absolute atomic E-state index is 0.0107. The Morgan fingerprint density at radius 1 is 1.08 bits per heavy atom. The Hall–Kier alpha value is -3.68. The zero-order valence-electron chi connectivity index (χ0n) is 35.6. The summed E-state index contributed by atoms with van der Waals surface area (Å²) in [7, 11) is -5.09. The van der Waals surface area contributed by atoms with Gasteiger partial charge in [0.1, 0.15) is 18.5 Å². The first-order valence-electron chi connectivity index (χ1n) is 21.8. The molecule has 0 radical (unpaired) electrons. The van der Waals surface area contributed by atoms with Gasteiger partial charge in [0.25, 0.3) is 0 Å². The fourth-order valence-electron chi connectivity index (χ4n) is 12.0. The molecule has 5 aliphatic carbocycles. The number of amides is 3. The molecule has 64 heavy (non-hydrogen) atoms. The molecule has 3 amide bonds. The third-order valence-electron chi connectivity index (χ3n) is 14.9. The fraction of sp³-hybridized carbons (Fsp3) is 0.636. The van der Waals surface area contributed by atoms with Crippen LogP contribution in [0.25, 0.3) is 0 Å². The fourth-order valence-corrected chi connectivity index (χ4v) is 12.5. The van der Waals surface area contributed by atoms with Gasteiger partial charge >= 0.3 is 13.8 Å². The summed E-state index contributed by atoms with van der Waals surface area (Å²) < 4.78 is 45.8. The predicted octanol–water partition coefficient (Wildman–Crippen LogP) is 3.62. The van der Waals surface area contributed by atoms with Crippen molar-refractivity contribution in [1.82, 2.24) is 16.0 Å². The summed E-state index contributed by atoms with van der Waals surface area (Å²) in [5.74, 6) is -4.73. The smallest absolute Gasteiger partial charge is 0.470 e. The number of aliphatic hydroxyl groups is 1. The normalized spacial score (nSPS) is 34.6. The molecule has 6 aliphatic rings. The maximum absolute atomic E-state index is 16.2. The maximum Gasteiger partial charge on any atom is 0.470 e. The molecule has 1 saturated heterocycles. The number of phosphoric acid groups is 1. The number of carbonyl (C=O) groups excluding carboxylic acids is 5. The van der Waals surface area contributed by atoms with Gasteiger partial charge in [-0.05, 0) is 106 Å². The van der Waals surface area contributed by atoms with E-state index in [9.17, 15) is 53.3 Å². The van der Waals surface area contributed by atoms with E-state index in [2.05, 4.69) is 31.9 Å². The van der Waals surface area contributed by atoms with Crippen molar-refractivity contribution >= 4 is 59.0 Å². The molecule has 1 aromatic carbocycles. The van der Waals surface area contributed by atoms with Gasteiger partial charge in [0, 0.05) is 34.8 Å². The topological polar surface area (TPSA) is 264 Å². The van der Waals surface area contributed by atoms with Crippen molar-refractivity contribution in [2.24, 2.45) is 34.5 Å². The monoisotopic (exact) mass is 979 g/mol. The van der Waals surface area contributed by atoms with E-state index in [1.165, 1.54) is 12.1 Å². The number of benzene rings is 1. The Labute approximate surface area is 378 Å². The van der Waals surface area contributed by atoms with Crippen LogP contribution in [0.1, 0.15) is 95.5 Å². The van der Waals surface area contributed by atoms with Gasteiger partial charge in [-0.3, -0.25) is 33.3 Å². The quantitative estimate of drug-likeness (QED) is 0.0922. The van der Waals surface area contributed by atoms with Crippen molar-refractivity contribution in [3.05, 3.63) is 58.9 Å². The Morgan fingerprint density at radius 2 is 1.81 bits per heavy atom. The van der Waals surface area contributed by atoms with Crippen molar-refractivity contribution in [2.45, 2.75) is 121 Å². The van der Waals surface area contributed by atoms with Crippen LogP contribution in [-0.2, 0) is 53.8 Å². The zero-order chi connectivity index (χ0) is 46.4. The van der Waals surface area contributed by atoms with Crippen LogP contribution in [0, 0.1) is 40.3 Å². The van der Waals surface area contributed by atoms with Crippen LogP contribution in [0.15, 0.2) is 42.0 Å². The first-order chi connectivity index (χ1) is 30.2. The predicted molar refractivity (Wildman–Crippen MR) is 227 cm³/mol. The molecule has 0 bridgehead atoms. The number of carboxylic acids is 1. The Balaban J connectivity index is 1.01. The number of aliphatic hydroxyl groups excluding tert-OH is 1. The first-order valence-corrected chi connectivity index (χ1v) is 24.4. The van der Waals surface area contributed by atoms with E-state index < -0.39 is 90.7 Å². The molecular formula is C44H56BrFN3O14P. The van der Waals surface area contributed by atoms with Gasteiger partial charge < -0.3 is 45.4 Å². The molecular weight excluding hydrogens is 924 g/mol. The molecule has 0 unspecified atom stereocenters. The number of alkyl halides is 1. The second kappa shape index (κ2) is 18.9. The molecule has 350 valence electrons. The van der Waals surface area contributed by atoms with Crippen molar-refractivity contribution in [3.8, 4) is 0 Å². The number of Topliss-reactive ketones (excluding diaryl/α,β-unsaturated/α-hetero) is 1. The highest BCUT2D eigenvalue weighted by Crippen LogP contribution is 2.70. The molecule has 7 N–H and O–H groups in total. The molecule has 0 spiro atoms. The average Bonchev–Trinajstić information content (AvgIpc) is 3.73. The molecule has 10 atom stereocenters. The number of rotatable bonds is 16. The third kappa shape index (κ3) is 9.59. The van der Waals surface area contributed by atoms with E-state index >= 15 is 4.39 Å². The van der Waals surface area contributed by atoms with E-state index in [1.807, 2.05) is 19.9 Å². The number of hydrogen-bond acceptors (Lipinski definition) is 11. The lowest BCUT2D eigenvalue weighted by atomic mass is 9.46. The highest BCUT2D eigenvalue weighted by molar-refractivity contribution is 9.09. The second-order valence-corrected chi connectivity index (χ2v) is 20.5. The number of phosphoric ester groups is 1. The van der Waals surface area contributed by atoms with E-state index in [-0.39, 0.29) is 72.2 Å². The number of fused-ring (bicyclic) bond motifs is 7. The van der Waals surface area contributed by atoms with Crippen LogP contribution in [0.2, 0.25) is 0 Å². The van der Waals surface area contributed by atoms with Gasteiger partial charge in [0.2, 0.25) is 17.7 Å². The molecule has 5 fully saturated rings. The minimum atomic E-state index is -5.09. The summed E-state index contributed by atoms with van der Waals surface area (Å²) in [6.07, 6.45) is 5.99. The Morgan fingerprint density at radius 3 is 2.48 bits per heavy atom. The number of carbonyl (C=O) groups is 6. The summed E-state index contributed by atoms with van der Waals surface area (Å²) in [6.45, 7) is 2.48. The Bertz CT molecular complexity index is 2160. The van der Waals surface area contributed by atoms with Crippen molar-refractivity contribution < 1.29 is 71.7 Å². The van der Waals surface area contributed by atoms with Gasteiger partial charge in [-0.25, -0.2) is 8.96 Å². The SMILES string of the molecule is C[C@]12C=CC(=O)C=C1CC[C@@H]1[C@@H]2[C@@H](O)C[C@@]2(C)[C@H]1C[C@H]1O[C@@H](c3ccc(CC4CCC(NC(=O)[C@H](CCC(=O)O)NC(=O)CNC(=O)CBr)CC4)cc3F)O[C@]12C(=O)COP(=O)(O)O. The number of aliphatic carboxylic acids is 1. The lowest BCUT2D eigenvalue weighted by Crippen LogP contribution is -2.63. The van der Waals surface area contributed by atoms with Gasteiger partial charge in [-0.1, -0.05) is 53.6 Å². The highest BCUT2D eigenvalue weighted by Gasteiger charge is 2.76. The summed E-state index contributed by atoms with van der Waals surface area (Å²) in [5, 5.41) is 29.0. The number of allylic oxidation sites excluding steroid dienone is 4. The van der Waals surface area contributed by atoms with Gasteiger partial charge in [-0.2, -0.15) is 0 Å². The number of halogens is 2. The van der Waals surface area contributed by atoms with Crippen LogP contribution < -0.4 is 16.0 Å². The first kappa shape index (κ1) is 48.3. The molecule has 1 aromatic rings. The second-order valence-electron chi connectivity index (χ2n) is 18.7. The molecule has 20 heteroatoms. The number of ether oxygens (including phenoxy) is 2. The van der Waals surface area contributed by atoms with E-state index in [0.717, 1.165) is 5.57 Å². The van der Waals surface area contributed by atoms with Gasteiger partial charge in [-0.15, -0.1) is 0 Å². The van der Waals surface area contributed by atoms with E-state index in [4.69, 9.17) is 14.0 Å². The molecule has 1 aliphatic heterocycles. The molecule has 4 saturated carbocycles. The van der Waals surface area contributed by atoms with Crippen LogP contribution >= 0.6 is 23.8 Å². The van der Waals surface area contributed by atoms with Gasteiger partial charge in [0.15, 0.2) is 23.5 Å². The van der Waals surface area contributed by atoms with Crippen molar-refractivity contribution in [2.75, 3.05) is 18.5 Å². The number of nitrogens with one attached hydrogen (secondary N) is 3. The number of hydrogen-bond donors (Lipinski definition) is 7. The average molecular weight is 981 g/mol. The summed E-state index contributed by atoms with van der Waals surface area (Å²) >= 11 is 2.98. The van der Waals surface area contributed by atoms with Crippen LogP contribution in [0.5, 0.6) is 0 Å². The third-order valence-corrected chi connectivity index (χ3v) is 15.9. The molecule has 17 nitrogen and oxygen atoms in total. The van der Waals surface area contributed by atoms with Crippen LogP contribution in [-0.4, -0.2) is 104 Å². The number of ketones is 2. The summed E-state index contributed by atoms with van der Waals surface area (Å²) in [4.78, 5) is 94.1. The zero-order valence-corrected chi connectivity index (χ0v) is 38.1. The molecule has 7 rings (SSSR count). The number of carboxylic acid groups (broad SMARTS) is 1. The van der Waals surface area contributed by atoms with Gasteiger partial charge in [0.05, 0.1) is 24.1 Å². The summed E-state index contributed by atoms with van der Waals surface area (Å²) in [6, 6.07) is 3.34. The van der Waals surface area contributed by atoms with Crippen molar-refractivity contribution in [3.63, 3.8) is 0 Å². The van der Waals surface area contributed by atoms with Crippen molar-refractivity contribution in [1.29, 1.82) is 0 Å². The largest absolute Gasteiger partial charge is 0.481 e. The molecule has 0 aromatic heterocycles. The lowest BCUT2D eigenvalue weighted by Gasteiger charge is -2.59. The van der Waals surface area contributed by atoms with E-state index in [1.54, 1.807) is 18.2 Å². The van der Waals surface area contributed by atoms with Crippen LogP contribution in [0.3, 0.4) is 0 Å². The maximum atomic E-state index is 16.2. The standard InChI is InChI=1S/C44H56BrFN3O14P/c1-42-14-13-27(50)17-25(42)6-10-28-30-18-35-44(34(52)22-61-64(58,59)60,43(30,2)19-33(51)39(28)42)63-41(62-35)29-9-5-24(16-31(29)46)15-23-3-7-26(8-4-23)48-40(57)32(11-12-38(55)56)49-37(54)21-47-36(53)20-45/h5,9,13-14,16-17,23,26,28,30,32-33,35,39,41,51H,3-4,6-8,10-12,15,18-22H2,1-2H3,(H,47,53)(H,48,57)(H,49,54)(H,55,56)(H2,58,59,60)/t23?,26?,28-,30-,32-,33-,35+,39+,41+,42-,43-,44+/m0/s1. The van der Waals surface area contributed by atoms with Crippen LogP contribution in [0.4, 0.5) is 4.39 Å². The minimum Gasteiger partial charge on any atom is -0.481 e. The Kier molecular flexibility index (Phi) is 14.3. The molecule has 1 heterocycles. The lowest BCUT2D eigenvalue weighted by molar-refractivity contribution is -0.201. The summed E-state index contributed by atoms with van der Waals surface area (Å²) in [5.41, 5.74) is -1.86. The van der Waals surface area contributed by atoms with E-state index in [0.29, 0.717) is 56.9 Å². The highest BCUT2D eigenvalue weighted by atomic mass is 79.9.